The lowest BCUT2D eigenvalue weighted by molar-refractivity contribution is 0.191. The van der Waals surface area contributed by atoms with Crippen LogP contribution in [0.4, 0.5) is 0 Å². The molecule has 0 N–H and O–H groups in total. The molecule has 0 fully saturated rings. The van der Waals surface area contributed by atoms with Crippen LogP contribution >= 0.6 is 11.6 Å². The number of rotatable bonds is 11. The second kappa shape index (κ2) is 11.3. The third-order valence-electron chi connectivity index (χ3n) is 3.03. The zero-order chi connectivity index (χ0) is 14.6. The van der Waals surface area contributed by atoms with Gasteiger partial charge in [-0.2, -0.15) is 0 Å². The molecule has 0 unspecified atom stereocenters. The molecule has 0 heterocycles. The molecular weight excluding hydrogens is 288 g/mol. The van der Waals surface area contributed by atoms with E-state index >= 15 is 0 Å². The lowest BCUT2D eigenvalue weighted by Crippen LogP contribution is -2.24. The average molecular weight is 314 g/mol. The Morgan fingerprint density at radius 3 is 2.25 bits per heavy atom. The minimum Gasteiger partial charge on any atom is -0.393 e. The molecule has 1 radical (unpaired) electrons. The molecule has 2 nitrogen and oxygen atoms in total. The van der Waals surface area contributed by atoms with Crippen LogP contribution in [0.3, 0.4) is 0 Å². The van der Waals surface area contributed by atoms with Gasteiger partial charge in [0.05, 0.1) is 0 Å². The number of unbranched alkanes of at least 4 members (excludes halogenated alkanes) is 2. The first-order chi connectivity index (χ1) is 9.76. The summed E-state index contributed by atoms with van der Waals surface area (Å²) >= 11 is 6.01. The van der Waals surface area contributed by atoms with Gasteiger partial charge in [-0.05, 0) is 43.0 Å². The standard InChI is InChI=1S/C16H26ClO2Si/c1-3-5-11-18-20(19-12-6-4-2)13-10-15-8-7-9-16(17)14-15/h7-9,14H,3-6,10-13H2,1-2H3. The van der Waals surface area contributed by atoms with Gasteiger partial charge in [0.25, 0.3) is 0 Å². The molecule has 0 spiro atoms. The van der Waals surface area contributed by atoms with Gasteiger partial charge >= 0.3 is 9.28 Å². The van der Waals surface area contributed by atoms with Crippen LogP contribution < -0.4 is 0 Å². The number of hydrogen-bond acceptors (Lipinski definition) is 2. The van der Waals surface area contributed by atoms with E-state index in [0.29, 0.717) is 0 Å². The zero-order valence-electron chi connectivity index (χ0n) is 12.7. The van der Waals surface area contributed by atoms with E-state index in [1.54, 1.807) is 0 Å². The molecule has 0 atom stereocenters. The van der Waals surface area contributed by atoms with Crippen LogP contribution in [0.1, 0.15) is 45.1 Å². The van der Waals surface area contributed by atoms with E-state index in [9.17, 15) is 0 Å². The summed E-state index contributed by atoms with van der Waals surface area (Å²) in [6.45, 7) is 6.01. The smallest absolute Gasteiger partial charge is 0.384 e. The minimum absolute atomic E-state index is 0.801. The van der Waals surface area contributed by atoms with Crippen LogP contribution in [0.25, 0.3) is 0 Å². The molecule has 0 saturated heterocycles. The number of hydrogen-bond donors (Lipinski definition) is 0. The summed E-state index contributed by atoms with van der Waals surface area (Å²) in [5, 5.41) is 0.801. The molecule has 0 aliphatic rings. The highest BCUT2D eigenvalue weighted by molar-refractivity contribution is 6.44. The van der Waals surface area contributed by atoms with Crippen molar-refractivity contribution in [2.75, 3.05) is 13.2 Å². The number of aryl methyl sites for hydroxylation is 1. The molecule has 1 aromatic rings. The van der Waals surface area contributed by atoms with Crippen molar-refractivity contribution in [1.29, 1.82) is 0 Å². The van der Waals surface area contributed by atoms with Crippen molar-refractivity contribution in [2.45, 2.75) is 52.0 Å². The Morgan fingerprint density at radius 2 is 1.70 bits per heavy atom. The Bertz CT molecular complexity index is 350. The van der Waals surface area contributed by atoms with Gasteiger partial charge in [-0.3, -0.25) is 0 Å². The van der Waals surface area contributed by atoms with E-state index in [1.165, 1.54) is 18.4 Å². The van der Waals surface area contributed by atoms with E-state index in [4.69, 9.17) is 20.5 Å². The molecule has 113 valence electrons. The van der Waals surface area contributed by atoms with Crippen LogP contribution in [0.15, 0.2) is 24.3 Å². The summed E-state index contributed by atoms with van der Waals surface area (Å²) in [7, 11) is -1.14. The van der Waals surface area contributed by atoms with Crippen molar-refractivity contribution in [1.82, 2.24) is 0 Å². The minimum atomic E-state index is -1.14. The third-order valence-corrected chi connectivity index (χ3v) is 4.97. The van der Waals surface area contributed by atoms with Gasteiger partial charge in [0.2, 0.25) is 0 Å². The van der Waals surface area contributed by atoms with Crippen LogP contribution in [0.2, 0.25) is 11.1 Å². The summed E-state index contributed by atoms with van der Waals surface area (Å²) in [4.78, 5) is 0. The monoisotopic (exact) mass is 313 g/mol. The molecule has 0 bridgehead atoms. The summed E-state index contributed by atoms with van der Waals surface area (Å²) in [5.41, 5.74) is 1.26. The van der Waals surface area contributed by atoms with Crippen molar-refractivity contribution in [3.8, 4) is 0 Å². The van der Waals surface area contributed by atoms with Crippen molar-refractivity contribution in [2.24, 2.45) is 0 Å². The maximum atomic E-state index is 6.01. The van der Waals surface area contributed by atoms with Crippen molar-refractivity contribution in [3.05, 3.63) is 34.9 Å². The van der Waals surface area contributed by atoms with Crippen LogP contribution in [-0.4, -0.2) is 22.5 Å². The van der Waals surface area contributed by atoms with Gasteiger partial charge in [-0.25, -0.2) is 0 Å². The normalized spacial score (nSPS) is 11.2. The van der Waals surface area contributed by atoms with Crippen LogP contribution in [0, 0.1) is 0 Å². The molecule has 0 aliphatic carbocycles. The van der Waals surface area contributed by atoms with Crippen molar-refractivity contribution >= 4 is 20.9 Å². The average Bonchev–Trinajstić information content (AvgIpc) is 2.44. The number of benzene rings is 1. The van der Waals surface area contributed by atoms with Gasteiger partial charge < -0.3 is 8.85 Å². The summed E-state index contributed by atoms with van der Waals surface area (Å²) < 4.78 is 11.9. The van der Waals surface area contributed by atoms with E-state index in [-0.39, 0.29) is 0 Å². The topological polar surface area (TPSA) is 18.5 Å². The highest BCUT2D eigenvalue weighted by atomic mass is 35.5. The largest absolute Gasteiger partial charge is 0.393 e. The first-order valence-electron chi connectivity index (χ1n) is 7.62. The van der Waals surface area contributed by atoms with Crippen LogP contribution in [0.5, 0.6) is 0 Å². The third kappa shape index (κ3) is 8.05. The summed E-state index contributed by atoms with van der Waals surface area (Å²) in [6, 6.07) is 9.04. The first kappa shape index (κ1) is 17.7. The molecule has 0 amide bonds. The quantitative estimate of drug-likeness (QED) is 0.422. The number of halogens is 1. The van der Waals surface area contributed by atoms with Crippen molar-refractivity contribution < 1.29 is 8.85 Å². The molecule has 20 heavy (non-hydrogen) atoms. The van der Waals surface area contributed by atoms with Gasteiger partial charge in [0.15, 0.2) is 0 Å². The second-order valence-electron chi connectivity index (χ2n) is 4.91. The fraction of sp³-hybridized carbons (Fsp3) is 0.625. The SMILES string of the molecule is CCCCO[Si](CCc1cccc(Cl)c1)OCCCC. The molecule has 1 aromatic carbocycles. The molecule has 0 saturated carbocycles. The fourth-order valence-corrected chi connectivity index (χ4v) is 3.61. The predicted molar refractivity (Wildman–Crippen MR) is 87.4 cm³/mol. The van der Waals surface area contributed by atoms with Gasteiger partial charge in [0.1, 0.15) is 0 Å². The van der Waals surface area contributed by atoms with Crippen molar-refractivity contribution in [3.63, 3.8) is 0 Å². The maximum Gasteiger partial charge on any atom is 0.384 e. The maximum absolute atomic E-state index is 6.01. The van der Waals surface area contributed by atoms with Gasteiger partial charge in [-0.15, -0.1) is 0 Å². The Balaban J connectivity index is 2.37. The van der Waals surface area contributed by atoms with E-state index in [0.717, 1.165) is 43.5 Å². The molecule has 1 rings (SSSR count). The predicted octanol–water partition coefficient (Wildman–Crippen LogP) is 5.00. The molecule has 0 aliphatic heterocycles. The van der Waals surface area contributed by atoms with E-state index in [2.05, 4.69) is 19.9 Å². The highest BCUT2D eigenvalue weighted by Crippen LogP contribution is 2.14. The van der Waals surface area contributed by atoms with Crippen LogP contribution in [-0.2, 0) is 15.3 Å². The Morgan fingerprint density at radius 1 is 1.05 bits per heavy atom. The lowest BCUT2D eigenvalue weighted by Gasteiger charge is -2.15. The Labute approximate surface area is 130 Å². The van der Waals surface area contributed by atoms with E-state index < -0.39 is 9.28 Å². The zero-order valence-corrected chi connectivity index (χ0v) is 14.4. The Kier molecular flexibility index (Phi) is 10.0. The van der Waals surface area contributed by atoms with Gasteiger partial charge in [-0.1, -0.05) is 50.4 Å². The first-order valence-corrected chi connectivity index (χ1v) is 9.52. The van der Waals surface area contributed by atoms with Gasteiger partial charge in [0, 0.05) is 18.2 Å². The highest BCUT2D eigenvalue weighted by Gasteiger charge is 2.15. The molecular formula is C16H26ClO2Si. The lowest BCUT2D eigenvalue weighted by atomic mass is 10.2. The second-order valence-corrected chi connectivity index (χ2v) is 7.16. The molecule has 0 aromatic heterocycles. The summed E-state index contributed by atoms with van der Waals surface area (Å²) in [6.07, 6.45) is 5.54. The fourth-order valence-electron chi connectivity index (χ4n) is 1.79. The summed E-state index contributed by atoms with van der Waals surface area (Å²) in [5.74, 6) is 0. The Hall–Kier alpha value is -0.353. The van der Waals surface area contributed by atoms with E-state index in [1.807, 2.05) is 18.2 Å². The molecule has 4 heteroatoms.